The third-order valence-electron chi connectivity index (χ3n) is 3.26. The molecule has 0 radical (unpaired) electrons. The van der Waals surface area contributed by atoms with Gasteiger partial charge in [-0.15, -0.1) is 0 Å². The van der Waals surface area contributed by atoms with E-state index in [0.717, 1.165) is 15.7 Å². The summed E-state index contributed by atoms with van der Waals surface area (Å²) in [5.74, 6) is 0.299. The fourth-order valence-corrected chi connectivity index (χ4v) is 3.25. The first kappa shape index (κ1) is 14.8. The molecule has 0 amide bonds. The highest BCUT2D eigenvalue weighted by molar-refractivity contribution is 9.10. The van der Waals surface area contributed by atoms with Gasteiger partial charge in [-0.05, 0) is 12.0 Å². The molecule has 0 spiro atoms. The first-order valence-electron chi connectivity index (χ1n) is 6.48. The maximum Gasteiger partial charge on any atom is 0.158 e. The zero-order chi connectivity index (χ0) is 15.1. The molecular weight excluding hydrogens is 373 g/mol. The van der Waals surface area contributed by atoms with Crippen LogP contribution in [0.4, 0.5) is 0 Å². The molecule has 2 heterocycles. The Labute approximate surface area is 141 Å². The molecular formula is C15H12BrCl2N3. The molecule has 3 nitrogen and oxygen atoms in total. The number of nitrogens with zero attached hydrogens (tertiary/aromatic N) is 3. The summed E-state index contributed by atoms with van der Waals surface area (Å²) in [6.45, 7) is 4.15. The minimum absolute atomic E-state index is 0.299. The Balaban J connectivity index is 2.31. The standard InChI is InChI=1S/C15H12BrCl2N3/c1-8(2)11-7-12-19-14(17)13(15(18)21(12)20-11)9-5-3-4-6-10(9)16/h3-8H,1-2H3. The van der Waals surface area contributed by atoms with E-state index in [1.54, 1.807) is 4.52 Å². The summed E-state index contributed by atoms with van der Waals surface area (Å²) in [4.78, 5) is 4.42. The van der Waals surface area contributed by atoms with Crippen molar-refractivity contribution in [1.29, 1.82) is 0 Å². The first-order valence-corrected chi connectivity index (χ1v) is 8.03. The summed E-state index contributed by atoms with van der Waals surface area (Å²) >= 11 is 16.4. The fourth-order valence-electron chi connectivity index (χ4n) is 2.13. The number of benzene rings is 1. The minimum atomic E-state index is 0.299. The summed E-state index contributed by atoms with van der Waals surface area (Å²) in [5.41, 5.74) is 3.16. The largest absolute Gasteiger partial charge is 0.216 e. The SMILES string of the molecule is CC(C)c1cc2nc(Cl)c(-c3ccccc3Br)c(Cl)n2n1. The molecule has 3 rings (SSSR count). The van der Waals surface area contributed by atoms with Gasteiger partial charge >= 0.3 is 0 Å². The number of rotatable bonds is 2. The lowest BCUT2D eigenvalue weighted by Gasteiger charge is -2.09. The molecule has 0 aliphatic carbocycles. The van der Waals surface area contributed by atoms with E-state index < -0.39 is 0 Å². The molecule has 0 aliphatic heterocycles. The van der Waals surface area contributed by atoms with Crippen molar-refractivity contribution in [2.24, 2.45) is 0 Å². The predicted molar refractivity (Wildman–Crippen MR) is 90.2 cm³/mol. The van der Waals surface area contributed by atoms with Gasteiger partial charge in [0.25, 0.3) is 0 Å². The smallest absolute Gasteiger partial charge is 0.158 e. The molecule has 0 N–H and O–H groups in total. The molecule has 0 fully saturated rings. The van der Waals surface area contributed by atoms with Gasteiger partial charge in [-0.2, -0.15) is 5.10 Å². The lowest BCUT2D eigenvalue weighted by molar-refractivity contribution is 0.787. The van der Waals surface area contributed by atoms with Crippen molar-refractivity contribution >= 4 is 44.8 Å². The summed E-state index contributed by atoms with van der Waals surface area (Å²) in [7, 11) is 0. The monoisotopic (exact) mass is 383 g/mol. The summed E-state index contributed by atoms with van der Waals surface area (Å²) in [6.07, 6.45) is 0. The van der Waals surface area contributed by atoms with Gasteiger partial charge in [-0.25, -0.2) is 9.50 Å². The maximum absolute atomic E-state index is 6.53. The average molecular weight is 385 g/mol. The zero-order valence-corrected chi connectivity index (χ0v) is 14.5. The lowest BCUT2D eigenvalue weighted by Crippen LogP contribution is -1.98. The van der Waals surface area contributed by atoms with Crippen LogP contribution in [-0.4, -0.2) is 14.6 Å². The van der Waals surface area contributed by atoms with Crippen LogP contribution in [-0.2, 0) is 0 Å². The van der Waals surface area contributed by atoms with Crippen molar-refractivity contribution in [2.75, 3.05) is 0 Å². The average Bonchev–Trinajstić information content (AvgIpc) is 2.85. The Bertz CT molecular complexity index is 827. The molecule has 0 atom stereocenters. The Kier molecular flexibility index (Phi) is 3.95. The molecule has 2 aromatic heterocycles. The molecule has 0 saturated heterocycles. The Hall–Kier alpha value is -1.10. The molecule has 21 heavy (non-hydrogen) atoms. The molecule has 3 aromatic rings. The van der Waals surface area contributed by atoms with Crippen LogP contribution < -0.4 is 0 Å². The van der Waals surface area contributed by atoms with Crippen molar-refractivity contribution in [3.63, 3.8) is 0 Å². The second kappa shape index (κ2) is 5.59. The zero-order valence-electron chi connectivity index (χ0n) is 11.4. The van der Waals surface area contributed by atoms with Crippen molar-refractivity contribution in [3.8, 4) is 11.1 Å². The van der Waals surface area contributed by atoms with Gasteiger partial charge in [-0.1, -0.05) is 71.2 Å². The molecule has 1 aromatic carbocycles. The van der Waals surface area contributed by atoms with Crippen LogP contribution in [0.25, 0.3) is 16.8 Å². The predicted octanol–water partition coefficient (Wildman–Crippen LogP) is 5.59. The lowest BCUT2D eigenvalue weighted by atomic mass is 10.1. The van der Waals surface area contributed by atoms with Crippen molar-refractivity contribution in [3.05, 3.63) is 50.8 Å². The van der Waals surface area contributed by atoms with E-state index in [-0.39, 0.29) is 0 Å². The Morgan fingerprint density at radius 1 is 1.19 bits per heavy atom. The number of fused-ring (bicyclic) bond motifs is 1. The first-order chi connectivity index (χ1) is 9.99. The Morgan fingerprint density at radius 2 is 1.90 bits per heavy atom. The number of halogens is 3. The van der Waals surface area contributed by atoms with E-state index in [1.807, 2.05) is 30.3 Å². The van der Waals surface area contributed by atoms with Gasteiger partial charge < -0.3 is 0 Å². The van der Waals surface area contributed by atoms with Gasteiger partial charge in [0.2, 0.25) is 0 Å². The van der Waals surface area contributed by atoms with Crippen LogP contribution in [0.1, 0.15) is 25.5 Å². The second-order valence-electron chi connectivity index (χ2n) is 5.04. The highest BCUT2D eigenvalue weighted by Crippen LogP contribution is 2.38. The van der Waals surface area contributed by atoms with Crippen LogP contribution in [0, 0.1) is 0 Å². The summed E-state index contributed by atoms with van der Waals surface area (Å²) in [6, 6.07) is 9.66. The van der Waals surface area contributed by atoms with E-state index in [2.05, 4.69) is 39.9 Å². The van der Waals surface area contributed by atoms with Crippen molar-refractivity contribution < 1.29 is 0 Å². The van der Waals surface area contributed by atoms with Crippen LogP contribution in [0.2, 0.25) is 10.3 Å². The molecule has 0 bridgehead atoms. The molecule has 6 heteroatoms. The highest BCUT2D eigenvalue weighted by atomic mass is 79.9. The van der Waals surface area contributed by atoms with Gasteiger partial charge in [-0.3, -0.25) is 0 Å². The molecule has 108 valence electrons. The Morgan fingerprint density at radius 3 is 2.57 bits per heavy atom. The van der Waals surface area contributed by atoms with Gasteiger partial charge in [0.15, 0.2) is 5.65 Å². The molecule has 0 unspecified atom stereocenters. The number of aromatic nitrogens is 3. The minimum Gasteiger partial charge on any atom is -0.216 e. The van der Waals surface area contributed by atoms with Crippen molar-refractivity contribution in [1.82, 2.24) is 14.6 Å². The van der Waals surface area contributed by atoms with Gasteiger partial charge in [0.05, 0.1) is 11.3 Å². The van der Waals surface area contributed by atoms with E-state index in [1.165, 1.54) is 0 Å². The van der Waals surface area contributed by atoms with Crippen LogP contribution >= 0.6 is 39.1 Å². The van der Waals surface area contributed by atoms with Crippen molar-refractivity contribution in [2.45, 2.75) is 19.8 Å². The third-order valence-corrected chi connectivity index (χ3v) is 4.57. The summed E-state index contributed by atoms with van der Waals surface area (Å²) in [5, 5.41) is 5.35. The summed E-state index contributed by atoms with van der Waals surface area (Å²) < 4.78 is 2.54. The number of hydrogen-bond donors (Lipinski definition) is 0. The van der Waals surface area contributed by atoms with Gasteiger partial charge in [0.1, 0.15) is 10.3 Å². The van der Waals surface area contributed by atoms with E-state index in [0.29, 0.717) is 27.4 Å². The third kappa shape index (κ3) is 2.56. The topological polar surface area (TPSA) is 30.2 Å². The fraction of sp³-hybridized carbons (Fsp3) is 0.200. The van der Waals surface area contributed by atoms with Crippen LogP contribution in [0.15, 0.2) is 34.8 Å². The normalized spacial score (nSPS) is 11.5. The second-order valence-corrected chi connectivity index (χ2v) is 6.61. The van der Waals surface area contributed by atoms with Crippen LogP contribution in [0.5, 0.6) is 0 Å². The molecule has 0 aliphatic rings. The van der Waals surface area contributed by atoms with E-state index in [9.17, 15) is 0 Å². The van der Waals surface area contributed by atoms with E-state index in [4.69, 9.17) is 23.2 Å². The van der Waals surface area contributed by atoms with Gasteiger partial charge in [0, 0.05) is 16.1 Å². The quantitative estimate of drug-likeness (QED) is 0.539. The van der Waals surface area contributed by atoms with Crippen LogP contribution in [0.3, 0.4) is 0 Å². The number of hydrogen-bond acceptors (Lipinski definition) is 2. The molecule has 0 saturated carbocycles. The highest BCUT2D eigenvalue weighted by Gasteiger charge is 2.18. The van der Waals surface area contributed by atoms with E-state index >= 15 is 0 Å². The maximum atomic E-state index is 6.53.